The summed E-state index contributed by atoms with van der Waals surface area (Å²) < 4.78 is 41.4. The largest absolute Gasteiger partial charge is 0.442 e. The topological polar surface area (TPSA) is 88.7 Å². The first kappa shape index (κ1) is 18.4. The van der Waals surface area contributed by atoms with E-state index >= 15 is 0 Å². The van der Waals surface area contributed by atoms with Gasteiger partial charge in [-0.15, -0.1) is 0 Å². The predicted molar refractivity (Wildman–Crippen MR) is 102 cm³/mol. The summed E-state index contributed by atoms with van der Waals surface area (Å²) in [7, 11) is 1.82. The van der Waals surface area contributed by atoms with Gasteiger partial charge in [0.2, 0.25) is 0 Å². The van der Waals surface area contributed by atoms with Gasteiger partial charge in [0.15, 0.2) is 17.5 Å². The van der Waals surface area contributed by atoms with Crippen LogP contribution in [0.25, 0.3) is 0 Å². The number of nitrogens with one attached hydrogen (secondary N) is 1. The van der Waals surface area contributed by atoms with Gasteiger partial charge in [0.1, 0.15) is 12.4 Å². The van der Waals surface area contributed by atoms with Crippen molar-refractivity contribution in [2.24, 2.45) is 7.05 Å². The molecular weight excluding hydrogens is 398 g/mol. The van der Waals surface area contributed by atoms with Gasteiger partial charge in [-0.25, -0.2) is 13.6 Å². The van der Waals surface area contributed by atoms with Crippen LogP contribution >= 0.6 is 0 Å². The fourth-order valence-corrected chi connectivity index (χ4v) is 3.79. The number of aryl methyl sites for hydroxylation is 1. The molecule has 1 N–H and O–H groups in total. The van der Waals surface area contributed by atoms with E-state index in [0.29, 0.717) is 18.9 Å². The number of benzene rings is 1. The highest BCUT2D eigenvalue weighted by Gasteiger charge is 2.35. The fourth-order valence-electron chi connectivity index (χ4n) is 3.79. The molecule has 1 fully saturated rings. The molecule has 0 saturated carbocycles. The zero-order valence-electron chi connectivity index (χ0n) is 16.0. The molecule has 1 atom stereocenters. The number of fused-ring (bicyclic) bond motifs is 1. The molecule has 9 nitrogen and oxygen atoms in total. The molecule has 2 aliphatic heterocycles. The van der Waals surface area contributed by atoms with E-state index in [1.807, 2.05) is 13.2 Å². The van der Waals surface area contributed by atoms with Gasteiger partial charge < -0.3 is 19.5 Å². The predicted octanol–water partition coefficient (Wildman–Crippen LogP) is 2.64. The summed E-state index contributed by atoms with van der Waals surface area (Å²) in [5, 5.41) is 11.0. The van der Waals surface area contributed by atoms with Gasteiger partial charge in [-0.05, 0) is 12.1 Å². The Balaban J connectivity index is 1.31. The van der Waals surface area contributed by atoms with Crippen LogP contribution in [0.5, 0.6) is 0 Å². The highest BCUT2D eigenvalue weighted by atomic mass is 19.2. The Kier molecular flexibility index (Phi) is 4.30. The van der Waals surface area contributed by atoms with Crippen molar-refractivity contribution in [3.05, 3.63) is 53.6 Å². The average molecular weight is 416 g/mol. The second-order valence-corrected chi connectivity index (χ2v) is 7.24. The molecule has 1 saturated heterocycles. The fraction of sp³-hybridized carbons (Fsp3) is 0.316. The number of carbonyl (C=O) groups is 1. The maximum absolute atomic E-state index is 14.9. The maximum Gasteiger partial charge on any atom is 0.414 e. The minimum atomic E-state index is -1.08. The first-order chi connectivity index (χ1) is 14.5. The van der Waals surface area contributed by atoms with E-state index in [4.69, 9.17) is 9.26 Å². The molecule has 0 unspecified atom stereocenters. The molecule has 30 heavy (non-hydrogen) atoms. The highest BCUT2D eigenvalue weighted by Crippen LogP contribution is 2.35. The van der Waals surface area contributed by atoms with Crippen molar-refractivity contribution < 1.29 is 22.8 Å². The zero-order chi connectivity index (χ0) is 20.8. The number of ether oxygens (including phenoxy) is 1. The molecule has 156 valence electrons. The Morgan fingerprint density at radius 3 is 2.77 bits per heavy atom. The minimum Gasteiger partial charge on any atom is -0.442 e. The molecule has 0 bridgehead atoms. The number of hydrogen-bond donors (Lipinski definition) is 1. The molecule has 3 aromatic rings. The SMILES string of the molecule is Cn1cc2c(n1)CN(c1ccc(N3C[C@H](CNc4ccon4)OC3=O)c(F)c1F)C2. The smallest absolute Gasteiger partial charge is 0.414 e. The molecule has 4 heterocycles. The molecule has 2 aliphatic rings. The summed E-state index contributed by atoms with van der Waals surface area (Å²) in [6.07, 6.45) is 2.00. The van der Waals surface area contributed by atoms with Crippen LogP contribution in [0, 0.1) is 11.6 Å². The van der Waals surface area contributed by atoms with Crippen molar-refractivity contribution in [1.29, 1.82) is 0 Å². The van der Waals surface area contributed by atoms with E-state index < -0.39 is 23.8 Å². The Morgan fingerprint density at radius 1 is 1.20 bits per heavy atom. The maximum atomic E-state index is 14.9. The number of anilines is 3. The van der Waals surface area contributed by atoms with Gasteiger partial charge in [0.05, 0.1) is 36.7 Å². The quantitative estimate of drug-likeness (QED) is 0.684. The zero-order valence-corrected chi connectivity index (χ0v) is 16.0. The molecule has 2 aromatic heterocycles. The third kappa shape index (κ3) is 3.11. The van der Waals surface area contributed by atoms with E-state index in [0.717, 1.165) is 16.2 Å². The minimum absolute atomic E-state index is 0.0825. The highest BCUT2D eigenvalue weighted by molar-refractivity contribution is 5.90. The van der Waals surface area contributed by atoms with Gasteiger partial charge in [0, 0.05) is 31.4 Å². The lowest BCUT2D eigenvalue weighted by Gasteiger charge is -2.21. The molecule has 1 amide bonds. The second kappa shape index (κ2) is 7.01. The summed E-state index contributed by atoms with van der Waals surface area (Å²) in [5.41, 5.74) is 1.80. The normalized spacial score (nSPS) is 18.1. The van der Waals surface area contributed by atoms with Crippen LogP contribution in [0.15, 0.2) is 35.2 Å². The van der Waals surface area contributed by atoms with E-state index in [2.05, 4.69) is 15.6 Å². The van der Waals surface area contributed by atoms with Crippen LogP contribution in [0.4, 0.5) is 30.8 Å². The third-order valence-corrected chi connectivity index (χ3v) is 5.19. The van der Waals surface area contributed by atoms with E-state index in [9.17, 15) is 13.6 Å². The molecule has 0 spiro atoms. The third-order valence-electron chi connectivity index (χ3n) is 5.19. The standard InChI is InChI=1S/C19H18F2N6O3/c1-25-7-11-8-26(10-13(11)23-25)14-2-3-15(18(21)17(14)20)27-9-12(30-19(27)28)6-22-16-4-5-29-24-16/h2-5,7,12H,6,8-10H2,1H3,(H,22,24)/t12-/m0/s1. The van der Waals surface area contributed by atoms with Crippen molar-refractivity contribution in [3.8, 4) is 0 Å². The lowest BCUT2D eigenvalue weighted by molar-refractivity contribution is 0.147. The van der Waals surface area contributed by atoms with Crippen LogP contribution < -0.4 is 15.1 Å². The summed E-state index contributed by atoms with van der Waals surface area (Å²) in [5.74, 6) is -1.59. The van der Waals surface area contributed by atoms with Gasteiger partial charge in [-0.1, -0.05) is 5.16 Å². The molecule has 11 heteroatoms. The number of hydrogen-bond acceptors (Lipinski definition) is 7. The first-order valence-electron chi connectivity index (χ1n) is 9.36. The number of cyclic esters (lactones) is 1. The number of carbonyl (C=O) groups excluding carboxylic acids is 1. The lowest BCUT2D eigenvalue weighted by Crippen LogP contribution is -2.28. The van der Waals surface area contributed by atoms with Gasteiger partial charge >= 0.3 is 6.09 Å². The lowest BCUT2D eigenvalue weighted by atomic mass is 10.2. The van der Waals surface area contributed by atoms with Crippen molar-refractivity contribution in [2.75, 3.05) is 28.2 Å². The van der Waals surface area contributed by atoms with E-state index in [1.54, 1.807) is 15.6 Å². The van der Waals surface area contributed by atoms with Crippen molar-refractivity contribution in [3.63, 3.8) is 0 Å². The van der Waals surface area contributed by atoms with Gasteiger partial charge in [0.25, 0.3) is 0 Å². The molecule has 0 radical (unpaired) electrons. The monoisotopic (exact) mass is 416 g/mol. The summed E-state index contributed by atoms with van der Waals surface area (Å²) in [6.45, 7) is 1.18. The van der Waals surface area contributed by atoms with Crippen molar-refractivity contribution in [1.82, 2.24) is 14.9 Å². The Hall–Kier alpha value is -3.63. The number of aromatic nitrogens is 3. The average Bonchev–Trinajstić information content (AvgIpc) is 3.47. The number of halogens is 2. The number of rotatable bonds is 5. The first-order valence-corrected chi connectivity index (χ1v) is 9.36. The van der Waals surface area contributed by atoms with Crippen LogP contribution in [0.2, 0.25) is 0 Å². The van der Waals surface area contributed by atoms with E-state index in [-0.39, 0.29) is 24.5 Å². The van der Waals surface area contributed by atoms with Crippen LogP contribution in [-0.2, 0) is 24.9 Å². The second-order valence-electron chi connectivity index (χ2n) is 7.24. The number of nitrogens with zero attached hydrogens (tertiary/aromatic N) is 5. The van der Waals surface area contributed by atoms with Crippen LogP contribution in [0.1, 0.15) is 11.3 Å². The summed E-state index contributed by atoms with van der Waals surface area (Å²) in [6, 6.07) is 4.50. The van der Waals surface area contributed by atoms with Gasteiger partial charge in [-0.2, -0.15) is 5.10 Å². The number of amides is 1. The van der Waals surface area contributed by atoms with Crippen molar-refractivity contribution in [2.45, 2.75) is 19.2 Å². The summed E-state index contributed by atoms with van der Waals surface area (Å²) >= 11 is 0. The molecular formula is C19H18F2N6O3. The molecule has 5 rings (SSSR count). The van der Waals surface area contributed by atoms with E-state index in [1.165, 1.54) is 18.4 Å². The van der Waals surface area contributed by atoms with Crippen LogP contribution in [0.3, 0.4) is 0 Å². The van der Waals surface area contributed by atoms with Crippen LogP contribution in [-0.4, -0.2) is 40.2 Å². The van der Waals surface area contributed by atoms with Crippen molar-refractivity contribution >= 4 is 23.3 Å². The Morgan fingerprint density at radius 2 is 2.00 bits per heavy atom. The Bertz CT molecular complexity index is 1080. The Labute approximate surface area is 169 Å². The molecule has 1 aromatic carbocycles. The summed E-state index contributed by atoms with van der Waals surface area (Å²) in [4.78, 5) is 15.0. The molecule has 0 aliphatic carbocycles. The van der Waals surface area contributed by atoms with Gasteiger partial charge in [-0.3, -0.25) is 9.58 Å².